The number of alkyl halides is 1. The fraction of sp³-hybridized carbons (Fsp3) is 0.538. The van der Waals surface area contributed by atoms with Crippen LogP contribution in [0.5, 0.6) is 0 Å². The van der Waals surface area contributed by atoms with Crippen molar-refractivity contribution in [3.8, 4) is 0 Å². The summed E-state index contributed by atoms with van der Waals surface area (Å²) in [5, 5.41) is 0. The first-order chi connectivity index (χ1) is 7.36. The Kier molecular flexibility index (Phi) is 6.02. The number of hydrogen-bond acceptors (Lipinski definition) is 1. The molecule has 0 amide bonds. The van der Waals surface area contributed by atoms with Crippen LogP contribution in [0.2, 0.25) is 0 Å². The molecule has 0 bridgehead atoms. The Hall–Kier alpha value is -0.890. The van der Waals surface area contributed by atoms with Gasteiger partial charge >= 0.3 is 0 Å². The van der Waals surface area contributed by atoms with Gasteiger partial charge in [0.15, 0.2) is 0 Å². The fourth-order valence-electron chi connectivity index (χ4n) is 1.62. The molecule has 1 aromatic rings. The number of hydrogen-bond donors (Lipinski definition) is 1. The third-order valence-corrected chi connectivity index (χ3v) is 2.54. The molecule has 0 atom stereocenters. The lowest BCUT2D eigenvalue weighted by molar-refractivity contribution is 0.473. The molecule has 0 aliphatic carbocycles. The zero-order chi connectivity index (χ0) is 10.9. The monoisotopic (exact) mass is 209 g/mol. The van der Waals surface area contributed by atoms with E-state index in [9.17, 15) is 4.39 Å². The van der Waals surface area contributed by atoms with Crippen LogP contribution >= 0.6 is 0 Å². The van der Waals surface area contributed by atoms with Crippen LogP contribution in [0, 0.1) is 0 Å². The van der Waals surface area contributed by atoms with Crippen molar-refractivity contribution in [1.82, 2.24) is 0 Å². The Morgan fingerprint density at radius 2 is 1.40 bits per heavy atom. The smallest absolute Gasteiger partial charge is 0.0897 e. The number of aryl methyl sites for hydroxylation is 2. The first kappa shape index (κ1) is 12.2. The summed E-state index contributed by atoms with van der Waals surface area (Å²) in [6.45, 7) is 0.548. The van der Waals surface area contributed by atoms with E-state index in [1.807, 2.05) is 0 Å². The molecule has 1 aromatic carbocycles. The van der Waals surface area contributed by atoms with E-state index >= 15 is 0 Å². The van der Waals surface area contributed by atoms with Crippen molar-refractivity contribution < 1.29 is 4.39 Å². The quantitative estimate of drug-likeness (QED) is 0.687. The minimum atomic E-state index is -0.224. The zero-order valence-corrected chi connectivity index (χ0v) is 9.21. The predicted octanol–water partition coefficient (Wildman–Crippen LogP) is 2.87. The van der Waals surface area contributed by atoms with Crippen molar-refractivity contribution in [3.63, 3.8) is 0 Å². The molecule has 0 fully saturated rings. The second-order valence-electron chi connectivity index (χ2n) is 3.85. The molecule has 84 valence electrons. The maximum absolute atomic E-state index is 12.0. The maximum Gasteiger partial charge on any atom is 0.0897 e. The van der Waals surface area contributed by atoms with Crippen molar-refractivity contribution >= 4 is 0 Å². The van der Waals surface area contributed by atoms with Crippen LogP contribution in [-0.4, -0.2) is 13.2 Å². The molecule has 0 aliphatic rings. The second-order valence-corrected chi connectivity index (χ2v) is 3.85. The standard InChI is InChI=1S/C13H20FN/c14-10-3-5-13-8-6-12(7-9-13)4-1-2-11-15/h6-9H,1-5,10-11,15H2. The van der Waals surface area contributed by atoms with Crippen LogP contribution in [0.1, 0.15) is 30.4 Å². The van der Waals surface area contributed by atoms with Gasteiger partial charge in [0, 0.05) is 0 Å². The van der Waals surface area contributed by atoms with Gasteiger partial charge in [0.05, 0.1) is 6.67 Å². The maximum atomic E-state index is 12.0. The topological polar surface area (TPSA) is 26.0 Å². The Balaban J connectivity index is 2.35. The molecule has 0 unspecified atom stereocenters. The van der Waals surface area contributed by atoms with Crippen molar-refractivity contribution in [2.24, 2.45) is 5.73 Å². The van der Waals surface area contributed by atoms with Crippen molar-refractivity contribution in [2.75, 3.05) is 13.2 Å². The van der Waals surface area contributed by atoms with Crippen LogP contribution < -0.4 is 5.73 Å². The molecule has 0 saturated heterocycles. The summed E-state index contributed by atoms with van der Waals surface area (Å²) in [5.74, 6) is 0. The molecule has 0 aromatic heterocycles. The summed E-state index contributed by atoms with van der Waals surface area (Å²) in [5.41, 5.74) is 8.02. The summed E-state index contributed by atoms with van der Waals surface area (Å²) in [6.07, 6.45) is 4.82. The summed E-state index contributed by atoms with van der Waals surface area (Å²) in [6, 6.07) is 8.50. The van der Waals surface area contributed by atoms with Gasteiger partial charge in [-0.3, -0.25) is 4.39 Å². The summed E-state index contributed by atoms with van der Waals surface area (Å²) >= 11 is 0. The number of halogens is 1. The van der Waals surface area contributed by atoms with E-state index in [4.69, 9.17) is 5.73 Å². The summed E-state index contributed by atoms with van der Waals surface area (Å²) in [7, 11) is 0. The van der Waals surface area contributed by atoms with Gasteiger partial charge in [0.2, 0.25) is 0 Å². The van der Waals surface area contributed by atoms with E-state index in [1.54, 1.807) is 0 Å². The highest BCUT2D eigenvalue weighted by Crippen LogP contribution is 2.09. The van der Waals surface area contributed by atoms with Gasteiger partial charge in [-0.15, -0.1) is 0 Å². The van der Waals surface area contributed by atoms with Gasteiger partial charge in [0.1, 0.15) is 0 Å². The van der Waals surface area contributed by atoms with Gasteiger partial charge in [-0.1, -0.05) is 24.3 Å². The molecule has 0 aliphatic heterocycles. The SMILES string of the molecule is NCCCCc1ccc(CCCF)cc1. The first-order valence-electron chi connectivity index (χ1n) is 5.70. The van der Waals surface area contributed by atoms with Crippen molar-refractivity contribution in [3.05, 3.63) is 35.4 Å². The third kappa shape index (κ3) is 4.93. The van der Waals surface area contributed by atoms with Crippen molar-refractivity contribution in [2.45, 2.75) is 32.1 Å². The molecule has 0 saturated carbocycles. The highest BCUT2D eigenvalue weighted by Gasteiger charge is 1.95. The molecule has 0 heterocycles. The fourth-order valence-corrected chi connectivity index (χ4v) is 1.62. The average Bonchev–Trinajstić information content (AvgIpc) is 2.28. The minimum absolute atomic E-state index is 0.224. The molecule has 0 spiro atoms. The molecular weight excluding hydrogens is 189 g/mol. The van der Waals surface area contributed by atoms with Gasteiger partial charge in [0.25, 0.3) is 0 Å². The van der Waals surface area contributed by atoms with E-state index in [1.165, 1.54) is 11.1 Å². The normalized spacial score (nSPS) is 10.5. The van der Waals surface area contributed by atoms with Crippen LogP contribution in [0.15, 0.2) is 24.3 Å². The lowest BCUT2D eigenvalue weighted by Gasteiger charge is -2.03. The van der Waals surface area contributed by atoms with E-state index in [0.717, 1.165) is 32.2 Å². The largest absolute Gasteiger partial charge is 0.330 e. The van der Waals surface area contributed by atoms with E-state index < -0.39 is 0 Å². The molecule has 1 rings (SSSR count). The van der Waals surface area contributed by atoms with Crippen LogP contribution in [-0.2, 0) is 12.8 Å². The van der Waals surface area contributed by atoms with E-state index in [0.29, 0.717) is 6.42 Å². The zero-order valence-electron chi connectivity index (χ0n) is 9.21. The van der Waals surface area contributed by atoms with Crippen LogP contribution in [0.4, 0.5) is 4.39 Å². The summed E-state index contributed by atoms with van der Waals surface area (Å²) < 4.78 is 12.0. The molecule has 2 heteroatoms. The van der Waals surface area contributed by atoms with E-state index in [-0.39, 0.29) is 6.67 Å². The number of unbranched alkanes of at least 4 members (excludes halogenated alkanes) is 1. The Bertz CT molecular complexity index is 256. The number of nitrogens with two attached hydrogens (primary N) is 1. The lowest BCUT2D eigenvalue weighted by Crippen LogP contribution is -1.99. The molecular formula is C13H20FN. The highest BCUT2D eigenvalue weighted by molar-refractivity contribution is 5.22. The average molecular weight is 209 g/mol. The van der Waals surface area contributed by atoms with Gasteiger partial charge < -0.3 is 5.73 Å². The summed E-state index contributed by atoms with van der Waals surface area (Å²) in [4.78, 5) is 0. The van der Waals surface area contributed by atoms with Crippen LogP contribution in [0.3, 0.4) is 0 Å². The Morgan fingerprint density at radius 3 is 1.87 bits per heavy atom. The molecule has 2 N–H and O–H groups in total. The first-order valence-corrected chi connectivity index (χ1v) is 5.70. The third-order valence-electron chi connectivity index (χ3n) is 2.54. The van der Waals surface area contributed by atoms with Gasteiger partial charge in [-0.05, 0) is 49.8 Å². The van der Waals surface area contributed by atoms with Crippen LogP contribution in [0.25, 0.3) is 0 Å². The lowest BCUT2D eigenvalue weighted by atomic mass is 10.0. The Labute approximate surface area is 91.5 Å². The van der Waals surface area contributed by atoms with Crippen molar-refractivity contribution in [1.29, 1.82) is 0 Å². The molecule has 15 heavy (non-hydrogen) atoms. The predicted molar refractivity (Wildman–Crippen MR) is 62.7 cm³/mol. The molecule has 0 radical (unpaired) electrons. The van der Waals surface area contributed by atoms with Gasteiger partial charge in [-0.2, -0.15) is 0 Å². The highest BCUT2D eigenvalue weighted by atomic mass is 19.1. The van der Waals surface area contributed by atoms with E-state index in [2.05, 4.69) is 24.3 Å². The molecule has 1 nitrogen and oxygen atoms in total. The minimum Gasteiger partial charge on any atom is -0.330 e. The second kappa shape index (κ2) is 7.41. The number of rotatable bonds is 7. The van der Waals surface area contributed by atoms with Gasteiger partial charge in [-0.25, -0.2) is 0 Å². The number of benzene rings is 1. The Morgan fingerprint density at radius 1 is 0.867 bits per heavy atom.